The summed E-state index contributed by atoms with van der Waals surface area (Å²) in [6.45, 7) is 1.04. The van der Waals surface area contributed by atoms with E-state index in [1.165, 1.54) is 11.8 Å². The van der Waals surface area contributed by atoms with E-state index in [1.54, 1.807) is 0 Å². The molecule has 10 amide bonds. The van der Waals surface area contributed by atoms with Gasteiger partial charge < -0.3 is 138 Å². The number of unbranched alkanes of at least 4 members (excludes halogenated alkanes) is 2. The second kappa shape index (κ2) is 48.4. The minimum atomic E-state index is -1.53. The van der Waals surface area contributed by atoms with Gasteiger partial charge >= 0.3 is 5.97 Å². The number of carboxylic acid groups (broad SMARTS) is 1. The average molecular weight is 1410 g/mol. The van der Waals surface area contributed by atoms with Crippen LogP contribution in [0.5, 0.6) is 0 Å². The summed E-state index contributed by atoms with van der Waals surface area (Å²) in [7, 11) is 0. The van der Waals surface area contributed by atoms with Crippen LogP contribution in [0, 0.1) is 0 Å². The number of carbonyl (C=O) groups is 11. The highest BCUT2D eigenvalue weighted by Crippen LogP contribution is 2.20. The number of likely N-dealkylation sites (tertiary alicyclic amines) is 1. The second-order valence-corrected chi connectivity index (χ2v) is 23.4. The predicted octanol–water partition coefficient (Wildman–Crippen LogP) is -10.8. The molecule has 1 aliphatic heterocycles. The van der Waals surface area contributed by atoms with E-state index >= 15 is 0 Å². The maximum absolute atomic E-state index is 14.7. The van der Waals surface area contributed by atoms with Gasteiger partial charge in [0.25, 0.3) is 0 Å². The van der Waals surface area contributed by atoms with Gasteiger partial charge in [0, 0.05) is 45.0 Å². The number of nitrogens with zero attached hydrogens (tertiary/aromatic N) is 6. The van der Waals surface area contributed by atoms with Gasteiger partial charge in [-0.05, 0) is 136 Å². The van der Waals surface area contributed by atoms with Crippen molar-refractivity contribution in [2.45, 2.75) is 189 Å². The van der Waals surface area contributed by atoms with Gasteiger partial charge in [-0.3, -0.25) is 77.7 Å². The van der Waals surface area contributed by atoms with E-state index in [0.29, 0.717) is 25.7 Å². The number of nitrogens with one attached hydrogen (secondary N) is 9. The first kappa shape index (κ1) is 86.7. The maximum atomic E-state index is 14.7. The number of thiol groups is 1. The highest BCUT2D eigenvalue weighted by atomic mass is 32.1. The van der Waals surface area contributed by atoms with E-state index in [2.05, 4.69) is 85.4 Å². The lowest BCUT2D eigenvalue weighted by Crippen LogP contribution is -2.61. The van der Waals surface area contributed by atoms with Crippen molar-refractivity contribution in [2.24, 2.45) is 99.5 Å². The van der Waals surface area contributed by atoms with Gasteiger partial charge in [-0.2, -0.15) is 12.6 Å². The number of aliphatic carboxylic acids is 1. The van der Waals surface area contributed by atoms with Gasteiger partial charge in [-0.1, -0.05) is 0 Å². The summed E-state index contributed by atoms with van der Waals surface area (Å²) in [5.41, 5.74) is 72.9. The lowest BCUT2D eigenvalue weighted by atomic mass is 10.0. The van der Waals surface area contributed by atoms with Crippen LogP contribution in [0.15, 0.2) is 25.0 Å². The molecule has 0 spiro atoms. The van der Waals surface area contributed by atoms with Crippen molar-refractivity contribution in [3.8, 4) is 0 Å². The number of carbonyl (C=O) groups excluding carboxylic acids is 10. The first-order valence-electron chi connectivity index (χ1n) is 32.3. The number of aliphatic hydroxyl groups is 1. The van der Waals surface area contributed by atoms with Gasteiger partial charge in [0.15, 0.2) is 29.8 Å². The zero-order chi connectivity index (χ0) is 73.9. The predicted molar refractivity (Wildman–Crippen MR) is 370 cm³/mol. The number of aliphatic hydroxyl groups excluding tert-OH is 1. The van der Waals surface area contributed by atoms with Crippen molar-refractivity contribution >= 4 is 107 Å². The normalized spacial score (nSPS) is 15.5. The van der Waals surface area contributed by atoms with Crippen LogP contribution in [0.25, 0.3) is 0 Å². The fourth-order valence-electron chi connectivity index (χ4n) is 9.74. The standard InChI is InChI=1S/C56H108N28O13S/c1-30(85)41(59)51(97)84-27-11-19-39(84)50(96)82-37(18-10-26-74-56(68)69)48(94)83-38(29-98)49(95)81-36(17-9-25-73-55(66)67)47(93)80-35(16-8-24-72-54(64)65)46(92)79-34(15-7-23-71-53(62)63)45(91)78-33(13-3-5-21-58)44(90)77-32(12-2-4-20-57)43(89)76-31(14-6-22-70-52(60)61)42(88)75-28-40(86)87/h30-39,41,85,98H,2-29,57-59H2,1H3,(H,75,88)(H,76,89)(H,77,90)(H,78,91)(H,79,92)(H,80,93)(H,81,95)(H,82,96)(H,83,94)(H,86,87)(H4,60,61,70)(H4,62,63,71)(H4,64,65,72)(H4,66,67,73)(H4,68,69,74)/t30-,31+,32+,33+,34+,35+,36+,37+,38+,39+,41+/m1/s1. The van der Waals surface area contributed by atoms with E-state index in [4.69, 9.17) is 74.5 Å². The van der Waals surface area contributed by atoms with Crippen LogP contribution in [0.3, 0.4) is 0 Å². The Kier molecular flexibility index (Phi) is 42.8. The maximum Gasteiger partial charge on any atom is 0.322 e. The minimum absolute atomic E-state index is 0.0108. The molecular formula is C56H108N28O13S. The molecule has 1 rings (SSSR count). The van der Waals surface area contributed by atoms with Gasteiger partial charge in [0.2, 0.25) is 59.1 Å². The SMILES string of the molecule is C[C@@H](O)[C@H](N)C(=O)N1CCC[C@H]1C(=O)N[C@@H](CCCN=C(N)N)C(=O)N[C@@H](CS)C(=O)N[C@@H](CCCN=C(N)N)C(=O)N[C@@H](CCCN=C(N)N)C(=O)N[C@@H](CCCN=C(N)N)C(=O)N[C@@H](CCCCN)C(=O)N[C@@H](CCCCN)C(=O)N[C@@H](CCCN=C(N)N)C(=O)NCC(=O)O. The van der Waals surface area contributed by atoms with Crippen molar-refractivity contribution in [3.05, 3.63) is 0 Å². The molecule has 98 heavy (non-hydrogen) atoms. The lowest BCUT2D eigenvalue weighted by Gasteiger charge is -2.29. The highest BCUT2D eigenvalue weighted by molar-refractivity contribution is 7.80. The lowest BCUT2D eigenvalue weighted by molar-refractivity contribution is -0.142. The van der Waals surface area contributed by atoms with Crippen molar-refractivity contribution in [2.75, 3.05) is 64.7 Å². The first-order chi connectivity index (χ1) is 46.4. The van der Waals surface area contributed by atoms with E-state index in [0.717, 1.165) is 0 Å². The third kappa shape index (κ3) is 36.2. The fraction of sp³-hybridized carbons (Fsp3) is 0.714. The van der Waals surface area contributed by atoms with E-state index in [1.807, 2.05) is 0 Å². The molecule has 0 aromatic heterocycles. The Morgan fingerprint density at radius 1 is 0.439 bits per heavy atom. The van der Waals surface area contributed by atoms with Crippen molar-refractivity contribution in [1.29, 1.82) is 0 Å². The summed E-state index contributed by atoms with van der Waals surface area (Å²) in [4.78, 5) is 173. The van der Waals surface area contributed by atoms with Crippen LogP contribution >= 0.6 is 12.6 Å². The van der Waals surface area contributed by atoms with Crippen LogP contribution < -0.4 is 122 Å². The van der Waals surface area contributed by atoms with Gasteiger partial charge in [0.1, 0.15) is 67.0 Å². The monoisotopic (exact) mass is 1410 g/mol. The van der Waals surface area contributed by atoms with Gasteiger partial charge in [-0.25, -0.2) is 0 Å². The molecule has 0 aromatic rings. The largest absolute Gasteiger partial charge is 0.480 e. The van der Waals surface area contributed by atoms with Crippen molar-refractivity contribution in [1.82, 2.24) is 52.8 Å². The average Bonchev–Trinajstić information content (AvgIpc) is 1.48. The van der Waals surface area contributed by atoms with Gasteiger partial charge in [0.05, 0.1) is 6.10 Å². The number of aliphatic imine (C=N–C) groups is 5. The smallest absolute Gasteiger partial charge is 0.322 e. The molecule has 556 valence electrons. The number of nitrogens with two attached hydrogens (primary N) is 13. The van der Waals surface area contributed by atoms with E-state index < -0.39 is 138 Å². The summed E-state index contributed by atoms with van der Waals surface area (Å²) in [5.74, 6) is -11.7. The molecule has 0 radical (unpaired) electrons. The van der Waals surface area contributed by atoms with Gasteiger partial charge in [-0.15, -0.1) is 0 Å². The van der Waals surface area contributed by atoms with Crippen LogP contribution in [-0.2, 0) is 52.7 Å². The first-order valence-corrected chi connectivity index (χ1v) is 32.9. The molecule has 0 unspecified atom stereocenters. The van der Waals surface area contributed by atoms with Crippen LogP contribution in [0.4, 0.5) is 0 Å². The topological polar surface area (TPSA) is 740 Å². The second-order valence-electron chi connectivity index (χ2n) is 23.1. The quantitative estimate of drug-likeness (QED) is 0.0116. The summed E-state index contributed by atoms with van der Waals surface area (Å²) in [5, 5.41) is 42.5. The molecule has 1 heterocycles. The number of hydrogen-bond acceptors (Lipinski definition) is 21. The third-order valence-electron chi connectivity index (χ3n) is 14.9. The molecule has 0 aliphatic carbocycles. The summed E-state index contributed by atoms with van der Waals surface area (Å²) >= 11 is 4.32. The van der Waals surface area contributed by atoms with Crippen molar-refractivity contribution in [3.63, 3.8) is 0 Å². The molecule has 42 heteroatoms. The van der Waals surface area contributed by atoms with Crippen molar-refractivity contribution < 1.29 is 63.0 Å². The summed E-state index contributed by atoms with van der Waals surface area (Å²) in [6.07, 6.45) is 0.400. The molecule has 41 nitrogen and oxygen atoms in total. The molecule has 37 N–H and O–H groups in total. The summed E-state index contributed by atoms with van der Waals surface area (Å²) < 4.78 is 0. The molecule has 1 fully saturated rings. The Morgan fingerprint density at radius 2 is 0.714 bits per heavy atom. The van der Waals surface area contributed by atoms with Crippen LogP contribution in [0.2, 0.25) is 0 Å². The number of carboxylic acids is 1. The van der Waals surface area contributed by atoms with Crippen LogP contribution in [-0.4, -0.2) is 241 Å². The molecule has 1 saturated heterocycles. The Balaban J connectivity index is 3.81. The van der Waals surface area contributed by atoms with E-state index in [9.17, 15) is 63.0 Å². The number of guanidine groups is 5. The molecular weight excluding hydrogens is 1300 g/mol. The molecule has 0 saturated carbocycles. The zero-order valence-electron chi connectivity index (χ0n) is 55.7. The Bertz CT molecular complexity index is 2720. The molecule has 0 aromatic carbocycles. The minimum Gasteiger partial charge on any atom is -0.480 e. The third-order valence-corrected chi connectivity index (χ3v) is 15.3. The van der Waals surface area contributed by atoms with Crippen LogP contribution in [0.1, 0.15) is 122 Å². The highest BCUT2D eigenvalue weighted by Gasteiger charge is 2.40. The van der Waals surface area contributed by atoms with E-state index in [-0.39, 0.29) is 178 Å². The Hall–Kier alpha value is -9.29. The molecule has 0 bridgehead atoms. The Morgan fingerprint density at radius 3 is 0.990 bits per heavy atom. The Labute approximate surface area is 574 Å². The molecule has 1 aliphatic rings. The fourth-order valence-corrected chi connectivity index (χ4v) is 10.00. The summed E-state index contributed by atoms with van der Waals surface area (Å²) in [6, 6.07) is -13.9. The number of hydrogen-bond donors (Lipinski definition) is 25. The zero-order valence-corrected chi connectivity index (χ0v) is 56.6. The number of rotatable bonds is 50. The number of amides is 10. The molecule has 11 atom stereocenters.